The largest absolute Gasteiger partial charge is 0.387 e. The quantitative estimate of drug-likeness (QED) is 0.509. The molecule has 2 N–H and O–H groups in total. The molecule has 7 heteroatoms. The van der Waals surface area contributed by atoms with Crippen LogP contribution < -0.4 is 0 Å². The molecule has 0 bridgehead atoms. The highest BCUT2D eigenvalue weighted by atomic mass is 16.9. The molecule has 0 fully saturated rings. The van der Waals surface area contributed by atoms with Gasteiger partial charge < -0.3 is 14.9 Å². The molecule has 0 saturated heterocycles. The average molecular weight is 203 g/mol. The molecule has 1 atom stereocenters. The van der Waals surface area contributed by atoms with Gasteiger partial charge in [0.15, 0.2) is 0 Å². The smallest absolute Gasteiger partial charge is 0.291 e. The number of aryl methyl sites for hydroxylation is 1. The SMILES string of the molecule is Cc1ncc(C(C)O)n1C.O=[N+]([O-])O. The van der Waals surface area contributed by atoms with Gasteiger partial charge in [-0.3, -0.25) is 0 Å². The van der Waals surface area contributed by atoms with Crippen LogP contribution in [0.2, 0.25) is 0 Å². The second-order valence-corrected chi connectivity index (χ2v) is 2.70. The van der Waals surface area contributed by atoms with Gasteiger partial charge in [0.05, 0.1) is 18.0 Å². The van der Waals surface area contributed by atoms with Crippen molar-refractivity contribution in [3.8, 4) is 0 Å². The van der Waals surface area contributed by atoms with Gasteiger partial charge in [0.2, 0.25) is 0 Å². The van der Waals surface area contributed by atoms with E-state index in [1.54, 1.807) is 13.1 Å². The fourth-order valence-corrected chi connectivity index (χ4v) is 0.908. The summed E-state index contributed by atoms with van der Waals surface area (Å²) in [5.74, 6) is 0.927. The van der Waals surface area contributed by atoms with E-state index in [0.29, 0.717) is 0 Å². The summed E-state index contributed by atoms with van der Waals surface area (Å²) < 4.78 is 1.88. The normalized spacial score (nSPS) is 11.4. The van der Waals surface area contributed by atoms with Crippen molar-refractivity contribution in [3.63, 3.8) is 0 Å². The predicted molar refractivity (Wildman–Crippen MR) is 47.4 cm³/mol. The fraction of sp³-hybridized carbons (Fsp3) is 0.571. The molecule has 14 heavy (non-hydrogen) atoms. The molecule has 0 spiro atoms. The Labute approximate surface area is 80.7 Å². The Morgan fingerprint density at radius 3 is 2.29 bits per heavy atom. The monoisotopic (exact) mass is 203 g/mol. The lowest BCUT2D eigenvalue weighted by atomic mass is 10.3. The van der Waals surface area contributed by atoms with Crippen LogP contribution in [0.5, 0.6) is 0 Å². The highest BCUT2D eigenvalue weighted by molar-refractivity contribution is 5.05. The van der Waals surface area contributed by atoms with Crippen molar-refractivity contribution in [2.24, 2.45) is 7.05 Å². The van der Waals surface area contributed by atoms with Crippen LogP contribution in [0.15, 0.2) is 6.20 Å². The van der Waals surface area contributed by atoms with E-state index in [-0.39, 0.29) is 0 Å². The van der Waals surface area contributed by atoms with Crippen molar-refractivity contribution in [1.29, 1.82) is 0 Å². The van der Waals surface area contributed by atoms with E-state index in [4.69, 9.17) is 20.4 Å². The maximum absolute atomic E-state index is 9.16. The molecule has 0 aromatic carbocycles. The van der Waals surface area contributed by atoms with E-state index < -0.39 is 11.2 Å². The fourth-order valence-electron chi connectivity index (χ4n) is 0.908. The molecule has 0 saturated carbocycles. The van der Waals surface area contributed by atoms with Crippen LogP contribution in [0.1, 0.15) is 24.5 Å². The number of nitrogens with zero attached hydrogens (tertiary/aromatic N) is 3. The van der Waals surface area contributed by atoms with E-state index in [9.17, 15) is 0 Å². The summed E-state index contributed by atoms with van der Waals surface area (Å²) in [6.45, 7) is 3.64. The Kier molecular flexibility index (Phi) is 4.57. The first-order valence-electron chi connectivity index (χ1n) is 3.85. The minimum Gasteiger partial charge on any atom is -0.387 e. The van der Waals surface area contributed by atoms with Crippen LogP contribution in [0.4, 0.5) is 0 Å². The van der Waals surface area contributed by atoms with E-state index >= 15 is 0 Å². The molecular formula is C7H13N3O4. The van der Waals surface area contributed by atoms with Crippen LogP contribution in [0.25, 0.3) is 0 Å². The van der Waals surface area contributed by atoms with Crippen molar-refractivity contribution in [3.05, 3.63) is 27.8 Å². The maximum atomic E-state index is 9.16. The molecule has 1 heterocycles. The van der Waals surface area contributed by atoms with Gasteiger partial charge in [0.1, 0.15) is 5.82 Å². The predicted octanol–water partition coefficient (Wildman–Crippen LogP) is 0.434. The van der Waals surface area contributed by atoms with E-state index in [2.05, 4.69) is 4.98 Å². The number of aromatic nitrogens is 2. The first kappa shape index (κ1) is 12.4. The highest BCUT2D eigenvalue weighted by Crippen LogP contribution is 2.11. The van der Waals surface area contributed by atoms with Gasteiger partial charge in [0, 0.05) is 7.05 Å². The summed E-state index contributed by atoms with van der Waals surface area (Å²) >= 11 is 0. The Morgan fingerprint density at radius 2 is 2.14 bits per heavy atom. The van der Waals surface area contributed by atoms with Gasteiger partial charge in [-0.25, -0.2) is 4.98 Å². The average Bonchev–Trinajstić information content (AvgIpc) is 2.31. The minimum atomic E-state index is -1.50. The third-order valence-electron chi connectivity index (χ3n) is 1.68. The van der Waals surface area contributed by atoms with Crippen LogP contribution in [0, 0.1) is 17.0 Å². The molecule has 1 aromatic rings. The van der Waals surface area contributed by atoms with E-state index in [1.165, 1.54) is 0 Å². The highest BCUT2D eigenvalue weighted by Gasteiger charge is 2.06. The lowest BCUT2D eigenvalue weighted by molar-refractivity contribution is -0.742. The second kappa shape index (κ2) is 5.18. The molecule has 1 rings (SSSR count). The molecule has 0 aliphatic carbocycles. The van der Waals surface area contributed by atoms with Crippen molar-refractivity contribution >= 4 is 0 Å². The van der Waals surface area contributed by atoms with Gasteiger partial charge in [-0.2, -0.15) is 0 Å². The number of aliphatic hydroxyl groups excluding tert-OH is 1. The zero-order chi connectivity index (χ0) is 11.3. The summed E-state index contributed by atoms with van der Waals surface area (Å²) in [5.41, 5.74) is 0.859. The Morgan fingerprint density at radius 1 is 1.71 bits per heavy atom. The summed E-state index contributed by atoms with van der Waals surface area (Å²) in [6, 6.07) is 0. The van der Waals surface area contributed by atoms with Crippen molar-refractivity contribution in [2.75, 3.05) is 0 Å². The zero-order valence-electron chi connectivity index (χ0n) is 8.21. The van der Waals surface area contributed by atoms with Gasteiger partial charge >= 0.3 is 0 Å². The topological polar surface area (TPSA) is 101 Å². The van der Waals surface area contributed by atoms with Crippen LogP contribution >= 0.6 is 0 Å². The molecule has 80 valence electrons. The van der Waals surface area contributed by atoms with Crippen molar-refractivity contribution < 1.29 is 15.4 Å². The van der Waals surface area contributed by atoms with Gasteiger partial charge in [-0.05, 0) is 13.8 Å². The number of hydrogen-bond acceptors (Lipinski definition) is 4. The van der Waals surface area contributed by atoms with Crippen LogP contribution in [0.3, 0.4) is 0 Å². The Bertz CT molecular complexity index is 304. The summed E-state index contributed by atoms with van der Waals surface area (Å²) in [7, 11) is 1.89. The molecule has 1 aromatic heterocycles. The zero-order valence-corrected chi connectivity index (χ0v) is 8.21. The summed E-state index contributed by atoms with van der Waals surface area (Å²) in [5, 5.41) is 22.8. The second-order valence-electron chi connectivity index (χ2n) is 2.70. The van der Waals surface area contributed by atoms with E-state index in [1.807, 2.05) is 18.5 Å². The first-order chi connectivity index (χ1) is 6.36. The van der Waals surface area contributed by atoms with Crippen molar-refractivity contribution in [1.82, 2.24) is 9.55 Å². The van der Waals surface area contributed by atoms with Crippen molar-refractivity contribution in [2.45, 2.75) is 20.0 Å². The Hall–Kier alpha value is -1.63. The number of aliphatic hydroxyl groups is 1. The lowest BCUT2D eigenvalue weighted by Crippen LogP contribution is -2.01. The van der Waals surface area contributed by atoms with Gasteiger partial charge in [-0.15, -0.1) is 10.1 Å². The van der Waals surface area contributed by atoms with Gasteiger partial charge in [0.25, 0.3) is 5.09 Å². The minimum absolute atomic E-state index is 0.425. The first-order valence-corrected chi connectivity index (χ1v) is 3.85. The lowest BCUT2D eigenvalue weighted by Gasteiger charge is -2.04. The Balaban J connectivity index is 0.000000364. The summed E-state index contributed by atoms with van der Waals surface area (Å²) in [4.78, 5) is 12.4. The molecule has 0 amide bonds. The summed E-state index contributed by atoms with van der Waals surface area (Å²) in [6.07, 6.45) is 1.27. The third-order valence-corrected chi connectivity index (χ3v) is 1.68. The van der Waals surface area contributed by atoms with E-state index in [0.717, 1.165) is 11.5 Å². The van der Waals surface area contributed by atoms with Gasteiger partial charge in [-0.1, -0.05) is 0 Å². The standard InChI is InChI=1S/C7H12N2O.HNO3/c1-5(10)7-4-8-6(2)9(7)3;2-1(3)4/h4-5,10H,1-3H3;(H,2,3,4). The molecule has 1 unspecified atom stereocenters. The third kappa shape index (κ3) is 3.85. The number of imidazole rings is 1. The maximum Gasteiger partial charge on any atom is 0.291 e. The van der Waals surface area contributed by atoms with Crippen LogP contribution in [-0.4, -0.2) is 25.0 Å². The molecule has 0 aliphatic heterocycles. The number of rotatable bonds is 1. The van der Waals surface area contributed by atoms with Crippen LogP contribution in [-0.2, 0) is 7.05 Å². The molecule has 0 radical (unpaired) electrons. The molecule has 7 nitrogen and oxygen atoms in total. The molecular weight excluding hydrogens is 190 g/mol. The molecule has 0 aliphatic rings. The number of hydrogen-bond donors (Lipinski definition) is 2.